The van der Waals surface area contributed by atoms with Gasteiger partial charge in [0.25, 0.3) is 0 Å². The summed E-state index contributed by atoms with van der Waals surface area (Å²) < 4.78 is 7.14. The second-order valence-electron chi connectivity index (χ2n) is 4.60. The van der Waals surface area contributed by atoms with E-state index in [0.717, 1.165) is 15.7 Å². The molecule has 0 unspecified atom stereocenters. The summed E-state index contributed by atoms with van der Waals surface area (Å²) in [5.74, 6) is 0.810. The van der Waals surface area contributed by atoms with Gasteiger partial charge in [-0.2, -0.15) is 9.61 Å². The number of nitrogens with one attached hydrogen (secondary N) is 1. The first-order valence-electron chi connectivity index (χ1n) is 6.91. The third-order valence-electron chi connectivity index (χ3n) is 2.93. The Hall–Kier alpha value is -2.48. The zero-order valence-electron chi connectivity index (χ0n) is 11.8. The van der Waals surface area contributed by atoms with Crippen LogP contribution in [0.4, 0.5) is 0 Å². The molecule has 0 saturated carbocycles. The van der Waals surface area contributed by atoms with E-state index in [1.165, 1.54) is 17.7 Å². The fourth-order valence-electron chi connectivity index (χ4n) is 1.87. The van der Waals surface area contributed by atoms with Gasteiger partial charge in [0.05, 0.1) is 13.2 Å². The maximum Gasteiger partial charge on any atom is 0.234 e. The van der Waals surface area contributed by atoms with Crippen molar-refractivity contribution in [3.8, 4) is 5.75 Å². The number of nitrogens with zero attached hydrogens (tertiary/aromatic N) is 4. The van der Waals surface area contributed by atoms with Crippen LogP contribution in [-0.4, -0.2) is 32.3 Å². The van der Waals surface area contributed by atoms with Gasteiger partial charge in [-0.15, -0.1) is 10.2 Å². The van der Waals surface area contributed by atoms with Crippen LogP contribution in [-0.2, 0) is 11.3 Å². The summed E-state index contributed by atoms with van der Waals surface area (Å²) in [4.78, 5) is 12.5. The van der Waals surface area contributed by atoms with E-state index in [0.29, 0.717) is 26.0 Å². The van der Waals surface area contributed by atoms with Crippen molar-refractivity contribution in [2.45, 2.75) is 19.4 Å². The van der Waals surface area contributed by atoms with Gasteiger partial charge in [0.1, 0.15) is 17.1 Å². The number of hydrogen-bond acceptors (Lipinski definition) is 6. The van der Waals surface area contributed by atoms with E-state index in [4.69, 9.17) is 4.74 Å². The predicted octanol–water partition coefficient (Wildman–Crippen LogP) is 1.66. The number of amides is 1. The fourth-order valence-corrected chi connectivity index (χ4v) is 2.63. The zero-order chi connectivity index (χ0) is 15.2. The molecule has 0 bridgehead atoms. The van der Waals surface area contributed by atoms with E-state index in [9.17, 15) is 4.79 Å². The number of benzene rings is 1. The van der Waals surface area contributed by atoms with Gasteiger partial charge < -0.3 is 10.1 Å². The number of carbonyl (C=O) groups excluding carboxylic acids is 1. The van der Waals surface area contributed by atoms with Gasteiger partial charge in [-0.25, -0.2) is 0 Å². The first-order chi connectivity index (χ1) is 10.8. The lowest BCUT2D eigenvalue weighted by Gasteiger charge is -2.06. The molecule has 0 spiro atoms. The molecule has 1 N–H and O–H groups in total. The topological polar surface area (TPSA) is 81.4 Å². The van der Waals surface area contributed by atoms with Gasteiger partial charge in [0, 0.05) is 6.42 Å². The number of ether oxygens (including phenoxy) is 1. The molecule has 1 aromatic carbocycles. The number of carbonyl (C=O) groups is 1. The average Bonchev–Trinajstić information content (AvgIpc) is 3.12. The Morgan fingerprint density at radius 1 is 1.32 bits per heavy atom. The van der Waals surface area contributed by atoms with Crippen molar-refractivity contribution in [2.24, 2.45) is 0 Å². The predicted molar refractivity (Wildman–Crippen MR) is 81.7 cm³/mol. The SMILES string of the molecule is O=C(CCCOc1ccccc1)NCc1nn2cnnc2s1. The van der Waals surface area contributed by atoms with Crippen LogP contribution in [0, 0.1) is 0 Å². The standard InChI is InChI=1S/C14H15N5O2S/c20-12(7-4-8-21-11-5-2-1-3-6-11)15-9-13-18-19-10-16-17-14(19)22-13/h1-3,5-6,10H,4,7-9H2,(H,15,20). The molecule has 3 rings (SSSR count). The second kappa shape index (κ2) is 6.99. The van der Waals surface area contributed by atoms with Crippen molar-refractivity contribution in [1.82, 2.24) is 25.1 Å². The molecule has 0 saturated heterocycles. The van der Waals surface area contributed by atoms with E-state index in [1.54, 1.807) is 4.52 Å². The quantitative estimate of drug-likeness (QED) is 0.670. The Labute approximate surface area is 130 Å². The number of para-hydroxylation sites is 1. The maximum atomic E-state index is 11.8. The van der Waals surface area contributed by atoms with Crippen molar-refractivity contribution in [3.63, 3.8) is 0 Å². The van der Waals surface area contributed by atoms with Crippen molar-refractivity contribution >= 4 is 22.2 Å². The monoisotopic (exact) mass is 317 g/mol. The minimum Gasteiger partial charge on any atom is -0.494 e. The van der Waals surface area contributed by atoms with E-state index in [1.807, 2.05) is 30.3 Å². The van der Waals surface area contributed by atoms with E-state index >= 15 is 0 Å². The Balaban J connectivity index is 1.35. The van der Waals surface area contributed by atoms with Gasteiger partial charge in [0.15, 0.2) is 0 Å². The number of rotatable bonds is 7. The first-order valence-corrected chi connectivity index (χ1v) is 7.73. The second-order valence-corrected chi connectivity index (χ2v) is 5.64. The normalized spacial score (nSPS) is 10.7. The Morgan fingerprint density at radius 2 is 2.18 bits per heavy atom. The molecular formula is C14H15N5O2S. The Morgan fingerprint density at radius 3 is 3.00 bits per heavy atom. The molecule has 0 aliphatic heterocycles. The third kappa shape index (κ3) is 3.79. The zero-order valence-corrected chi connectivity index (χ0v) is 12.6. The molecular weight excluding hydrogens is 302 g/mol. The maximum absolute atomic E-state index is 11.8. The third-order valence-corrected chi connectivity index (χ3v) is 3.84. The van der Waals surface area contributed by atoms with Crippen LogP contribution in [0.25, 0.3) is 4.96 Å². The molecule has 114 valence electrons. The highest BCUT2D eigenvalue weighted by molar-refractivity contribution is 7.16. The van der Waals surface area contributed by atoms with E-state index in [-0.39, 0.29) is 5.91 Å². The Bertz CT molecular complexity index is 711. The molecule has 0 aliphatic rings. The summed E-state index contributed by atoms with van der Waals surface area (Å²) in [6.07, 6.45) is 2.64. The number of fused-ring (bicyclic) bond motifs is 1. The van der Waals surface area contributed by atoms with Gasteiger partial charge in [-0.3, -0.25) is 4.79 Å². The van der Waals surface area contributed by atoms with Crippen LogP contribution in [0.15, 0.2) is 36.7 Å². The van der Waals surface area contributed by atoms with Crippen molar-refractivity contribution in [1.29, 1.82) is 0 Å². The van der Waals surface area contributed by atoms with Crippen LogP contribution in [0.2, 0.25) is 0 Å². The van der Waals surface area contributed by atoms with E-state index < -0.39 is 0 Å². The lowest BCUT2D eigenvalue weighted by molar-refractivity contribution is -0.121. The van der Waals surface area contributed by atoms with Gasteiger partial charge in [-0.1, -0.05) is 29.5 Å². The molecule has 2 heterocycles. The summed E-state index contributed by atoms with van der Waals surface area (Å²) in [5.41, 5.74) is 0. The smallest absolute Gasteiger partial charge is 0.234 e. The van der Waals surface area contributed by atoms with Crippen LogP contribution in [0.1, 0.15) is 17.8 Å². The van der Waals surface area contributed by atoms with Crippen LogP contribution in [0.3, 0.4) is 0 Å². The summed E-state index contributed by atoms with van der Waals surface area (Å²) >= 11 is 1.41. The number of hydrogen-bond donors (Lipinski definition) is 1. The molecule has 2 aromatic heterocycles. The first kappa shape index (κ1) is 14.5. The molecule has 0 radical (unpaired) electrons. The fraction of sp³-hybridized carbons (Fsp3) is 0.286. The highest BCUT2D eigenvalue weighted by atomic mass is 32.1. The highest BCUT2D eigenvalue weighted by Gasteiger charge is 2.07. The van der Waals surface area contributed by atoms with E-state index in [2.05, 4.69) is 20.6 Å². The Kier molecular flexibility index (Phi) is 4.59. The minimum absolute atomic E-state index is 0.0115. The minimum atomic E-state index is -0.0115. The van der Waals surface area contributed by atoms with Gasteiger partial charge in [-0.05, 0) is 18.6 Å². The molecule has 22 heavy (non-hydrogen) atoms. The van der Waals surface area contributed by atoms with Crippen LogP contribution < -0.4 is 10.1 Å². The molecule has 7 nitrogen and oxygen atoms in total. The number of aromatic nitrogens is 4. The lowest BCUT2D eigenvalue weighted by Crippen LogP contribution is -2.23. The summed E-state index contributed by atoms with van der Waals surface area (Å²) in [7, 11) is 0. The summed E-state index contributed by atoms with van der Waals surface area (Å²) in [6.45, 7) is 0.931. The van der Waals surface area contributed by atoms with Gasteiger partial charge >= 0.3 is 0 Å². The molecule has 0 aliphatic carbocycles. The van der Waals surface area contributed by atoms with Crippen molar-refractivity contribution < 1.29 is 9.53 Å². The van der Waals surface area contributed by atoms with Crippen molar-refractivity contribution in [3.05, 3.63) is 41.7 Å². The van der Waals surface area contributed by atoms with Crippen LogP contribution >= 0.6 is 11.3 Å². The average molecular weight is 317 g/mol. The molecule has 3 aromatic rings. The summed E-state index contributed by atoms with van der Waals surface area (Å²) in [6, 6.07) is 9.57. The molecule has 0 fully saturated rings. The molecule has 8 heteroatoms. The lowest BCUT2D eigenvalue weighted by atomic mass is 10.3. The van der Waals surface area contributed by atoms with Gasteiger partial charge in [0.2, 0.25) is 10.9 Å². The van der Waals surface area contributed by atoms with Crippen molar-refractivity contribution in [2.75, 3.05) is 6.61 Å². The highest BCUT2D eigenvalue weighted by Crippen LogP contribution is 2.11. The largest absolute Gasteiger partial charge is 0.494 e. The van der Waals surface area contributed by atoms with Crippen LogP contribution in [0.5, 0.6) is 5.75 Å². The summed E-state index contributed by atoms with van der Waals surface area (Å²) in [5, 5.41) is 15.5. The molecule has 1 amide bonds. The molecule has 0 atom stereocenters.